The van der Waals surface area contributed by atoms with Gasteiger partial charge in [-0.2, -0.15) is 0 Å². The van der Waals surface area contributed by atoms with Gasteiger partial charge in [-0.05, 0) is 37.3 Å². The third-order valence-corrected chi connectivity index (χ3v) is 6.00. The Labute approximate surface area is 175 Å². The Morgan fingerprint density at radius 3 is 2.93 bits per heavy atom. The molecular weight excluding hydrogens is 414 g/mol. The summed E-state index contributed by atoms with van der Waals surface area (Å²) in [7, 11) is 0. The minimum atomic E-state index is -0.153. The van der Waals surface area contributed by atoms with Gasteiger partial charge in [-0.3, -0.25) is 4.79 Å². The molecule has 2 aromatic heterocycles. The summed E-state index contributed by atoms with van der Waals surface area (Å²) in [6.07, 6.45) is 0.185. The summed E-state index contributed by atoms with van der Waals surface area (Å²) >= 11 is 8.90. The van der Waals surface area contributed by atoms with Gasteiger partial charge in [0.05, 0.1) is 34.5 Å². The van der Waals surface area contributed by atoms with Crippen molar-refractivity contribution in [3.05, 3.63) is 58.6 Å². The van der Waals surface area contributed by atoms with Crippen LogP contribution in [0.4, 0.5) is 5.13 Å². The molecule has 0 radical (unpaired) electrons. The molecule has 4 rings (SSSR count). The Morgan fingerprint density at radius 2 is 2.07 bits per heavy atom. The number of benzene rings is 2. The molecule has 0 bridgehead atoms. The first-order valence-corrected chi connectivity index (χ1v) is 10.7. The Hall–Kier alpha value is -2.48. The number of nitrogens with one attached hydrogen (secondary N) is 1. The van der Waals surface area contributed by atoms with Crippen molar-refractivity contribution >= 4 is 55.5 Å². The Morgan fingerprint density at radius 1 is 1.21 bits per heavy atom. The van der Waals surface area contributed by atoms with Crippen LogP contribution in [0.15, 0.2) is 47.8 Å². The van der Waals surface area contributed by atoms with Crippen LogP contribution in [0.25, 0.3) is 20.8 Å². The first-order chi connectivity index (χ1) is 13.6. The molecule has 0 fully saturated rings. The van der Waals surface area contributed by atoms with E-state index in [1.54, 1.807) is 6.07 Å². The standard InChI is InChI=1S/C20H16ClN3O2S2/c1-2-26-16-6-4-3-5-14(16)19-22-13(11-27-19)10-18(25)24-20-23-15-8-7-12(21)9-17(15)28-20/h3-9,11H,2,10H2,1H3,(H,23,24,25). The third-order valence-electron chi connectivity index (χ3n) is 3.91. The van der Waals surface area contributed by atoms with Gasteiger partial charge < -0.3 is 10.1 Å². The van der Waals surface area contributed by atoms with Crippen molar-refractivity contribution in [2.75, 3.05) is 11.9 Å². The molecular formula is C20H16ClN3O2S2. The average Bonchev–Trinajstić information content (AvgIpc) is 3.28. The number of para-hydroxylation sites is 1. The van der Waals surface area contributed by atoms with Crippen LogP contribution in [0.3, 0.4) is 0 Å². The van der Waals surface area contributed by atoms with Crippen LogP contribution in [-0.4, -0.2) is 22.5 Å². The maximum absolute atomic E-state index is 12.4. The van der Waals surface area contributed by atoms with Crippen LogP contribution < -0.4 is 10.1 Å². The number of anilines is 1. The molecule has 4 aromatic rings. The number of halogens is 1. The highest BCUT2D eigenvalue weighted by Gasteiger charge is 2.14. The highest BCUT2D eigenvalue weighted by molar-refractivity contribution is 7.22. The van der Waals surface area contributed by atoms with E-state index in [1.165, 1.54) is 22.7 Å². The Kier molecular flexibility index (Phi) is 5.57. The fourth-order valence-electron chi connectivity index (χ4n) is 2.72. The Bertz CT molecular complexity index is 1140. The molecule has 28 heavy (non-hydrogen) atoms. The third kappa shape index (κ3) is 4.16. The Balaban J connectivity index is 1.47. The van der Waals surface area contributed by atoms with E-state index in [2.05, 4.69) is 15.3 Å². The van der Waals surface area contributed by atoms with Gasteiger partial charge in [0, 0.05) is 10.4 Å². The largest absolute Gasteiger partial charge is 0.493 e. The zero-order valence-corrected chi connectivity index (χ0v) is 17.3. The number of rotatable bonds is 6. The average molecular weight is 430 g/mol. The van der Waals surface area contributed by atoms with E-state index in [0.717, 1.165) is 26.5 Å². The smallest absolute Gasteiger partial charge is 0.232 e. The lowest BCUT2D eigenvalue weighted by Gasteiger charge is -2.07. The molecule has 142 valence electrons. The molecule has 0 saturated carbocycles. The maximum Gasteiger partial charge on any atom is 0.232 e. The number of hydrogen-bond donors (Lipinski definition) is 1. The molecule has 0 spiro atoms. The summed E-state index contributed by atoms with van der Waals surface area (Å²) in [5.74, 6) is 0.642. The zero-order chi connectivity index (χ0) is 19.5. The SMILES string of the molecule is CCOc1ccccc1-c1nc(CC(=O)Nc2nc3ccc(Cl)cc3s2)cs1. The van der Waals surface area contributed by atoms with E-state index >= 15 is 0 Å². The van der Waals surface area contributed by atoms with Crippen molar-refractivity contribution in [3.63, 3.8) is 0 Å². The van der Waals surface area contributed by atoms with E-state index in [-0.39, 0.29) is 12.3 Å². The highest BCUT2D eigenvalue weighted by Crippen LogP contribution is 2.32. The molecule has 0 atom stereocenters. The van der Waals surface area contributed by atoms with Crippen molar-refractivity contribution < 1.29 is 9.53 Å². The number of carbonyl (C=O) groups excluding carboxylic acids is 1. The van der Waals surface area contributed by atoms with Gasteiger partial charge in [0.2, 0.25) is 5.91 Å². The number of amides is 1. The minimum Gasteiger partial charge on any atom is -0.493 e. The quantitative estimate of drug-likeness (QED) is 0.430. The van der Waals surface area contributed by atoms with Crippen molar-refractivity contribution in [1.82, 2.24) is 9.97 Å². The predicted molar refractivity (Wildman–Crippen MR) is 116 cm³/mol. The molecule has 0 saturated heterocycles. The van der Waals surface area contributed by atoms with Gasteiger partial charge in [-0.15, -0.1) is 11.3 Å². The maximum atomic E-state index is 12.4. The lowest BCUT2D eigenvalue weighted by Crippen LogP contribution is -2.14. The molecule has 0 aliphatic rings. The summed E-state index contributed by atoms with van der Waals surface area (Å²) in [5, 5.41) is 6.78. The molecule has 1 amide bonds. The molecule has 2 heterocycles. The van der Waals surface area contributed by atoms with Crippen molar-refractivity contribution in [1.29, 1.82) is 0 Å². The van der Waals surface area contributed by atoms with Gasteiger partial charge in [-0.1, -0.05) is 35.1 Å². The van der Waals surface area contributed by atoms with Gasteiger partial charge in [0.1, 0.15) is 10.8 Å². The first kappa shape index (κ1) is 18.9. The van der Waals surface area contributed by atoms with Crippen LogP contribution in [0, 0.1) is 0 Å². The summed E-state index contributed by atoms with van der Waals surface area (Å²) in [6, 6.07) is 13.2. The molecule has 0 aliphatic heterocycles. The van der Waals surface area contributed by atoms with Gasteiger partial charge in [-0.25, -0.2) is 9.97 Å². The highest BCUT2D eigenvalue weighted by atomic mass is 35.5. The van der Waals surface area contributed by atoms with Crippen LogP contribution in [-0.2, 0) is 11.2 Å². The topological polar surface area (TPSA) is 64.1 Å². The number of ether oxygens (including phenoxy) is 1. The number of fused-ring (bicyclic) bond motifs is 1. The van der Waals surface area contributed by atoms with Crippen LogP contribution >= 0.6 is 34.3 Å². The normalized spacial score (nSPS) is 10.9. The number of nitrogens with zero attached hydrogens (tertiary/aromatic N) is 2. The zero-order valence-electron chi connectivity index (χ0n) is 14.9. The molecule has 8 heteroatoms. The summed E-state index contributed by atoms with van der Waals surface area (Å²) < 4.78 is 6.61. The fourth-order valence-corrected chi connectivity index (χ4v) is 4.72. The van der Waals surface area contributed by atoms with Gasteiger partial charge in [0.15, 0.2) is 5.13 Å². The van der Waals surface area contributed by atoms with Crippen molar-refractivity contribution in [2.24, 2.45) is 0 Å². The second-order valence-corrected chi connectivity index (χ2v) is 8.25. The number of hydrogen-bond acceptors (Lipinski definition) is 6. The second kappa shape index (κ2) is 8.26. The van der Waals surface area contributed by atoms with Crippen LogP contribution in [0.5, 0.6) is 5.75 Å². The number of aromatic nitrogens is 2. The lowest BCUT2D eigenvalue weighted by molar-refractivity contribution is -0.115. The monoisotopic (exact) mass is 429 g/mol. The molecule has 5 nitrogen and oxygen atoms in total. The van der Waals surface area contributed by atoms with E-state index in [4.69, 9.17) is 16.3 Å². The van der Waals surface area contributed by atoms with Crippen molar-refractivity contribution in [3.8, 4) is 16.3 Å². The molecule has 0 aliphatic carbocycles. The lowest BCUT2D eigenvalue weighted by atomic mass is 10.2. The minimum absolute atomic E-state index is 0.153. The molecule has 2 aromatic carbocycles. The first-order valence-electron chi connectivity index (χ1n) is 8.65. The van der Waals surface area contributed by atoms with E-state index in [0.29, 0.717) is 22.5 Å². The number of thiazole rings is 2. The van der Waals surface area contributed by atoms with E-state index in [1.807, 2.05) is 48.7 Å². The van der Waals surface area contributed by atoms with E-state index in [9.17, 15) is 4.79 Å². The number of carbonyl (C=O) groups is 1. The van der Waals surface area contributed by atoms with Gasteiger partial charge in [0.25, 0.3) is 0 Å². The molecule has 1 N–H and O–H groups in total. The second-order valence-electron chi connectivity index (χ2n) is 5.93. The van der Waals surface area contributed by atoms with Crippen molar-refractivity contribution in [2.45, 2.75) is 13.3 Å². The summed E-state index contributed by atoms with van der Waals surface area (Å²) in [4.78, 5) is 21.4. The predicted octanol–water partition coefficient (Wildman–Crippen LogP) is 5.65. The molecule has 0 unspecified atom stereocenters. The summed E-state index contributed by atoms with van der Waals surface area (Å²) in [6.45, 7) is 2.54. The van der Waals surface area contributed by atoms with Crippen LogP contribution in [0.2, 0.25) is 5.02 Å². The fraction of sp³-hybridized carbons (Fsp3) is 0.150. The summed E-state index contributed by atoms with van der Waals surface area (Å²) in [5.41, 5.74) is 2.46. The van der Waals surface area contributed by atoms with Gasteiger partial charge >= 0.3 is 0 Å². The van der Waals surface area contributed by atoms with Crippen LogP contribution in [0.1, 0.15) is 12.6 Å². The van der Waals surface area contributed by atoms with E-state index < -0.39 is 0 Å².